The van der Waals surface area contributed by atoms with Crippen molar-refractivity contribution < 1.29 is 14.6 Å². The fraction of sp³-hybridized carbons (Fsp3) is 0.483. The molecular weight excluding hydrogens is 504 g/mol. The largest absolute Gasteiger partial charge is 0.494 e. The van der Waals surface area contributed by atoms with Gasteiger partial charge in [-0.05, 0) is 77.3 Å². The number of halogens is 1. The van der Waals surface area contributed by atoms with Gasteiger partial charge < -0.3 is 20.1 Å². The standard InChI is InChI=1S/C29H37ClN4O4/c1-28(2,3)32-25(35)19-34-26(20-7-5-8-21(30)17-20)31-24-10-9-22(18-23(24)27(34)36)38-16-6-13-33-14-11-29(4,37)12-15-33/h5,7-10,17-18,37H,6,11-16,19H2,1-4H3,(H,32,35). The van der Waals surface area contributed by atoms with Crippen LogP contribution in [0.25, 0.3) is 22.3 Å². The van der Waals surface area contributed by atoms with E-state index in [1.54, 1.807) is 30.3 Å². The summed E-state index contributed by atoms with van der Waals surface area (Å²) >= 11 is 6.22. The molecule has 38 heavy (non-hydrogen) atoms. The van der Waals surface area contributed by atoms with Crippen LogP contribution in [0.5, 0.6) is 5.75 Å². The van der Waals surface area contributed by atoms with Gasteiger partial charge in [-0.1, -0.05) is 23.7 Å². The number of ether oxygens (including phenoxy) is 1. The quantitative estimate of drug-likeness (QED) is 0.415. The van der Waals surface area contributed by atoms with Crippen LogP contribution < -0.4 is 15.6 Å². The molecule has 2 heterocycles. The predicted octanol–water partition coefficient (Wildman–Crippen LogP) is 4.25. The number of aliphatic hydroxyl groups is 1. The first-order chi connectivity index (χ1) is 17.9. The summed E-state index contributed by atoms with van der Waals surface area (Å²) in [5.41, 5.74) is -0.141. The van der Waals surface area contributed by atoms with E-state index in [4.69, 9.17) is 21.3 Å². The fourth-order valence-corrected chi connectivity index (χ4v) is 4.81. The molecule has 0 spiro atoms. The third kappa shape index (κ3) is 7.34. The number of hydrogen-bond donors (Lipinski definition) is 2. The molecule has 4 rings (SSSR count). The van der Waals surface area contributed by atoms with E-state index < -0.39 is 11.1 Å². The minimum absolute atomic E-state index is 0.172. The molecule has 1 saturated heterocycles. The monoisotopic (exact) mass is 540 g/mol. The van der Waals surface area contributed by atoms with Crippen molar-refractivity contribution in [2.45, 2.75) is 64.6 Å². The molecule has 1 amide bonds. The lowest BCUT2D eigenvalue weighted by Crippen LogP contribution is -2.43. The molecule has 1 aromatic heterocycles. The molecule has 1 aliphatic heterocycles. The summed E-state index contributed by atoms with van der Waals surface area (Å²) in [7, 11) is 0. The minimum atomic E-state index is -0.556. The number of likely N-dealkylation sites (tertiary alicyclic amines) is 1. The number of piperidine rings is 1. The van der Waals surface area contributed by atoms with Gasteiger partial charge in [-0.2, -0.15) is 0 Å². The molecule has 0 atom stereocenters. The van der Waals surface area contributed by atoms with E-state index in [1.165, 1.54) is 4.57 Å². The SMILES string of the molecule is CC1(O)CCN(CCCOc2ccc3nc(-c4cccc(Cl)c4)n(CC(=O)NC(C)(C)C)c(=O)c3c2)CC1. The molecule has 2 N–H and O–H groups in total. The molecule has 0 unspecified atom stereocenters. The van der Waals surface area contributed by atoms with Crippen molar-refractivity contribution in [2.24, 2.45) is 0 Å². The zero-order valence-electron chi connectivity index (χ0n) is 22.6. The van der Waals surface area contributed by atoms with Crippen LogP contribution in [0.3, 0.4) is 0 Å². The van der Waals surface area contributed by atoms with Gasteiger partial charge in [0, 0.05) is 35.8 Å². The van der Waals surface area contributed by atoms with E-state index in [9.17, 15) is 14.7 Å². The maximum atomic E-state index is 13.7. The van der Waals surface area contributed by atoms with Gasteiger partial charge in [-0.15, -0.1) is 0 Å². The highest BCUT2D eigenvalue weighted by atomic mass is 35.5. The minimum Gasteiger partial charge on any atom is -0.494 e. The van der Waals surface area contributed by atoms with Crippen LogP contribution in [0, 0.1) is 0 Å². The Kier molecular flexibility index (Phi) is 8.45. The Labute approximate surface area is 228 Å². The highest BCUT2D eigenvalue weighted by molar-refractivity contribution is 6.30. The summed E-state index contributed by atoms with van der Waals surface area (Å²) in [6, 6.07) is 12.4. The summed E-state index contributed by atoms with van der Waals surface area (Å²) in [5.74, 6) is 0.679. The number of carbonyl (C=O) groups is 1. The van der Waals surface area contributed by atoms with Gasteiger partial charge in [-0.25, -0.2) is 4.98 Å². The molecule has 0 radical (unpaired) electrons. The van der Waals surface area contributed by atoms with Gasteiger partial charge in [0.1, 0.15) is 18.1 Å². The van der Waals surface area contributed by atoms with Gasteiger partial charge in [0.25, 0.3) is 5.56 Å². The van der Waals surface area contributed by atoms with Crippen LogP contribution in [-0.2, 0) is 11.3 Å². The lowest BCUT2D eigenvalue weighted by Gasteiger charge is -2.35. The Morgan fingerprint density at radius 3 is 2.61 bits per heavy atom. The van der Waals surface area contributed by atoms with E-state index in [0.29, 0.717) is 39.7 Å². The molecule has 0 saturated carbocycles. The zero-order chi connectivity index (χ0) is 27.5. The number of benzene rings is 2. The van der Waals surface area contributed by atoms with E-state index >= 15 is 0 Å². The lowest BCUT2D eigenvalue weighted by atomic mass is 9.94. The van der Waals surface area contributed by atoms with E-state index in [1.807, 2.05) is 39.8 Å². The topological polar surface area (TPSA) is 96.7 Å². The average Bonchev–Trinajstić information content (AvgIpc) is 2.83. The summed E-state index contributed by atoms with van der Waals surface area (Å²) in [4.78, 5) is 33.6. The molecule has 0 aliphatic carbocycles. The Morgan fingerprint density at radius 2 is 1.92 bits per heavy atom. The lowest BCUT2D eigenvalue weighted by molar-refractivity contribution is -0.123. The van der Waals surface area contributed by atoms with Crippen LogP contribution in [-0.4, -0.2) is 62.8 Å². The number of hydrogen-bond acceptors (Lipinski definition) is 6. The molecular formula is C29H37ClN4O4. The number of nitrogens with zero attached hydrogens (tertiary/aromatic N) is 3. The first-order valence-electron chi connectivity index (χ1n) is 13.1. The summed E-state index contributed by atoms with van der Waals surface area (Å²) in [5, 5.41) is 13.9. The number of rotatable bonds is 8. The molecule has 1 aliphatic rings. The summed E-state index contributed by atoms with van der Waals surface area (Å²) in [6.07, 6.45) is 2.40. The van der Waals surface area contributed by atoms with Crippen molar-refractivity contribution >= 4 is 28.4 Å². The van der Waals surface area contributed by atoms with Crippen molar-refractivity contribution in [2.75, 3.05) is 26.2 Å². The highest BCUT2D eigenvalue weighted by Gasteiger charge is 2.26. The van der Waals surface area contributed by atoms with Crippen LogP contribution in [0.2, 0.25) is 5.02 Å². The molecule has 2 aromatic carbocycles. The number of carbonyl (C=O) groups excluding carboxylic acids is 1. The van der Waals surface area contributed by atoms with Gasteiger partial charge in [0.2, 0.25) is 5.91 Å². The number of nitrogens with one attached hydrogen (secondary N) is 1. The molecule has 9 heteroatoms. The smallest absolute Gasteiger partial charge is 0.262 e. The second-order valence-electron chi connectivity index (χ2n) is 11.4. The molecule has 8 nitrogen and oxygen atoms in total. The van der Waals surface area contributed by atoms with Crippen molar-refractivity contribution in [1.82, 2.24) is 19.8 Å². The van der Waals surface area contributed by atoms with Crippen LogP contribution in [0.4, 0.5) is 0 Å². The van der Waals surface area contributed by atoms with Gasteiger partial charge in [0.15, 0.2) is 0 Å². The van der Waals surface area contributed by atoms with E-state index in [0.717, 1.165) is 38.9 Å². The molecule has 0 bridgehead atoms. The van der Waals surface area contributed by atoms with Gasteiger partial charge >= 0.3 is 0 Å². The second-order valence-corrected chi connectivity index (χ2v) is 11.8. The third-order valence-corrected chi connectivity index (χ3v) is 6.88. The summed E-state index contributed by atoms with van der Waals surface area (Å²) in [6.45, 7) is 10.6. The molecule has 3 aromatic rings. The number of aromatic nitrogens is 2. The van der Waals surface area contributed by atoms with Crippen LogP contribution in [0.1, 0.15) is 47.0 Å². The highest BCUT2D eigenvalue weighted by Crippen LogP contribution is 2.25. The number of amides is 1. The normalized spacial score (nSPS) is 15.9. The Hall–Kier alpha value is -2.94. The second kappa shape index (κ2) is 11.4. The Balaban J connectivity index is 1.55. The molecule has 1 fully saturated rings. The van der Waals surface area contributed by atoms with E-state index in [-0.39, 0.29) is 18.0 Å². The zero-order valence-corrected chi connectivity index (χ0v) is 23.3. The maximum absolute atomic E-state index is 13.7. The number of fused-ring (bicyclic) bond motifs is 1. The third-order valence-electron chi connectivity index (χ3n) is 6.65. The van der Waals surface area contributed by atoms with E-state index in [2.05, 4.69) is 10.2 Å². The average molecular weight is 541 g/mol. The van der Waals surface area contributed by atoms with Crippen molar-refractivity contribution in [3.63, 3.8) is 0 Å². The Bertz CT molecular complexity index is 1350. The first kappa shape index (κ1) is 28.1. The summed E-state index contributed by atoms with van der Waals surface area (Å²) < 4.78 is 7.36. The maximum Gasteiger partial charge on any atom is 0.262 e. The van der Waals surface area contributed by atoms with Crippen LogP contribution in [0.15, 0.2) is 47.3 Å². The fourth-order valence-electron chi connectivity index (χ4n) is 4.62. The Morgan fingerprint density at radius 1 is 1.18 bits per heavy atom. The van der Waals surface area contributed by atoms with Crippen molar-refractivity contribution in [1.29, 1.82) is 0 Å². The molecule has 204 valence electrons. The van der Waals surface area contributed by atoms with Crippen molar-refractivity contribution in [3.8, 4) is 17.1 Å². The van der Waals surface area contributed by atoms with Crippen molar-refractivity contribution in [3.05, 3.63) is 57.8 Å². The first-order valence-corrected chi connectivity index (χ1v) is 13.5. The van der Waals surface area contributed by atoms with Gasteiger partial charge in [-0.3, -0.25) is 14.2 Å². The predicted molar refractivity (Wildman–Crippen MR) is 151 cm³/mol. The van der Waals surface area contributed by atoms with Crippen LogP contribution >= 0.6 is 11.6 Å². The van der Waals surface area contributed by atoms with Gasteiger partial charge in [0.05, 0.1) is 23.1 Å².